The van der Waals surface area contributed by atoms with Crippen LogP contribution in [0.1, 0.15) is 0 Å². The van der Waals surface area contributed by atoms with Gasteiger partial charge in [-0.25, -0.2) is 4.98 Å². The molecule has 0 aliphatic rings. The first-order valence-corrected chi connectivity index (χ1v) is 1.91. The molecule has 32 valence electrons. The van der Waals surface area contributed by atoms with Crippen molar-refractivity contribution in [1.82, 2.24) is 4.98 Å². The number of rotatable bonds is 0. The van der Waals surface area contributed by atoms with E-state index in [9.17, 15) is 0 Å². The molecule has 6 heavy (non-hydrogen) atoms. The molecular formula is C3H3NOS. The van der Waals surface area contributed by atoms with Gasteiger partial charge in [0.05, 0.1) is 0 Å². The molecule has 0 aromatic carbocycles. The Balaban J connectivity index is 3.05. The van der Waals surface area contributed by atoms with Gasteiger partial charge in [-0.1, -0.05) is 0 Å². The Labute approximate surface area is 40.6 Å². The van der Waals surface area contributed by atoms with Gasteiger partial charge in [-0.15, -0.1) is 12.6 Å². The van der Waals surface area contributed by atoms with E-state index in [2.05, 4.69) is 22.0 Å². The molecule has 0 saturated heterocycles. The second kappa shape index (κ2) is 1.34. The van der Waals surface area contributed by atoms with Crippen LogP contribution in [0.2, 0.25) is 0 Å². The summed E-state index contributed by atoms with van der Waals surface area (Å²) < 4.78 is 4.53. The van der Waals surface area contributed by atoms with Gasteiger partial charge in [0, 0.05) is 0 Å². The monoisotopic (exact) mass is 101 g/mol. The molecule has 1 heterocycles. The van der Waals surface area contributed by atoms with Crippen molar-refractivity contribution in [3.8, 4) is 0 Å². The van der Waals surface area contributed by atoms with Crippen molar-refractivity contribution < 1.29 is 4.42 Å². The Hall–Kier alpha value is -0.440. The molecule has 0 atom stereocenters. The van der Waals surface area contributed by atoms with Crippen LogP contribution in [0.4, 0.5) is 0 Å². The van der Waals surface area contributed by atoms with Crippen LogP contribution < -0.4 is 0 Å². The van der Waals surface area contributed by atoms with Crippen molar-refractivity contribution in [2.75, 3.05) is 0 Å². The molecule has 2 nitrogen and oxygen atoms in total. The molecule has 0 aliphatic carbocycles. The smallest absolute Gasteiger partial charge is 0.181 e. The molecule has 0 saturated carbocycles. The van der Waals surface area contributed by atoms with Crippen LogP contribution in [0.15, 0.2) is 22.1 Å². The zero-order valence-corrected chi connectivity index (χ0v) is 3.85. The SMILES string of the molecule is Sc1cocn1. The fourth-order valence-corrected chi connectivity index (χ4v) is 0.314. The molecule has 0 N–H and O–H groups in total. The second-order valence-electron chi connectivity index (χ2n) is 0.847. The summed E-state index contributed by atoms with van der Waals surface area (Å²) in [4.78, 5) is 3.61. The van der Waals surface area contributed by atoms with Crippen molar-refractivity contribution in [3.63, 3.8) is 0 Å². The van der Waals surface area contributed by atoms with E-state index in [1.165, 1.54) is 12.7 Å². The normalized spacial score (nSPS) is 8.83. The van der Waals surface area contributed by atoms with Gasteiger partial charge in [0.1, 0.15) is 11.3 Å². The van der Waals surface area contributed by atoms with E-state index in [1.807, 2.05) is 0 Å². The lowest BCUT2D eigenvalue weighted by Crippen LogP contribution is -1.51. The molecule has 0 amide bonds. The first kappa shape index (κ1) is 3.74. The second-order valence-corrected chi connectivity index (χ2v) is 1.30. The molecule has 0 fully saturated rings. The Kier molecular flexibility index (Phi) is 0.837. The summed E-state index contributed by atoms with van der Waals surface area (Å²) in [6.45, 7) is 0. The van der Waals surface area contributed by atoms with E-state index in [0.29, 0.717) is 5.03 Å². The maximum atomic E-state index is 4.53. The van der Waals surface area contributed by atoms with E-state index in [4.69, 9.17) is 0 Å². The molecular weight excluding hydrogens is 98.1 g/mol. The Bertz CT molecular complexity index is 114. The molecule has 0 radical (unpaired) electrons. The molecule has 0 spiro atoms. The fraction of sp³-hybridized carbons (Fsp3) is 0. The average molecular weight is 101 g/mol. The van der Waals surface area contributed by atoms with Crippen molar-refractivity contribution >= 4 is 12.6 Å². The quantitative estimate of drug-likeness (QED) is 0.492. The van der Waals surface area contributed by atoms with Gasteiger partial charge in [-0.2, -0.15) is 0 Å². The molecule has 1 aromatic rings. The Morgan fingerprint density at radius 3 is 2.83 bits per heavy atom. The Morgan fingerprint density at radius 2 is 2.67 bits per heavy atom. The molecule has 0 bridgehead atoms. The highest BCUT2D eigenvalue weighted by Crippen LogP contribution is 1.96. The van der Waals surface area contributed by atoms with Crippen LogP contribution in [-0.2, 0) is 0 Å². The van der Waals surface area contributed by atoms with E-state index in [-0.39, 0.29) is 0 Å². The number of oxazole rings is 1. The van der Waals surface area contributed by atoms with E-state index in [0.717, 1.165) is 0 Å². The van der Waals surface area contributed by atoms with E-state index < -0.39 is 0 Å². The van der Waals surface area contributed by atoms with Crippen LogP contribution >= 0.6 is 12.6 Å². The Morgan fingerprint density at radius 1 is 1.83 bits per heavy atom. The van der Waals surface area contributed by atoms with Crippen LogP contribution in [-0.4, -0.2) is 4.98 Å². The van der Waals surface area contributed by atoms with Gasteiger partial charge in [0.2, 0.25) is 0 Å². The van der Waals surface area contributed by atoms with Gasteiger partial charge in [0.15, 0.2) is 6.39 Å². The van der Waals surface area contributed by atoms with E-state index in [1.54, 1.807) is 0 Å². The van der Waals surface area contributed by atoms with Gasteiger partial charge >= 0.3 is 0 Å². The molecule has 1 rings (SSSR count). The lowest BCUT2D eigenvalue weighted by molar-refractivity contribution is 0.555. The highest BCUT2D eigenvalue weighted by molar-refractivity contribution is 7.80. The van der Waals surface area contributed by atoms with Crippen molar-refractivity contribution in [2.24, 2.45) is 0 Å². The molecule has 0 unspecified atom stereocenters. The van der Waals surface area contributed by atoms with Gasteiger partial charge < -0.3 is 4.42 Å². The highest BCUT2D eigenvalue weighted by Gasteiger charge is 1.78. The lowest BCUT2D eigenvalue weighted by Gasteiger charge is -1.61. The largest absolute Gasteiger partial charge is 0.451 e. The van der Waals surface area contributed by atoms with Gasteiger partial charge in [0.25, 0.3) is 0 Å². The minimum absolute atomic E-state index is 0.620. The topological polar surface area (TPSA) is 26.0 Å². The number of thiol groups is 1. The van der Waals surface area contributed by atoms with Crippen molar-refractivity contribution in [1.29, 1.82) is 0 Å². The number of hydrogen-bond donors (Lipinski definition) is 1. The summed E-state index contributed by atoms with van der Waals surface area (Å²) in [5, 5.41) is 0.620. The zero-order chi connectivity index (χ0) is 4.41. The summed E-state index contributed by atoms with van der Waals surface area (Å²) in [6.07, 6.45) is 2.80. The van der Waals surface area contributed by atoms with Crippen molar-refractivity contribution in [2.45, 2.75) is 5.03 Å². The first-order chi connectivity index (χ1) is 2.89. The summed E-state index contributed by atoms with van der Waals surface area (Å²) in [5.41, 5.74) is 0. The van der Waals surface area contributed by atoms with Gasteiger partial charge in [-0.05, 0) is 0 Å². The predicted octanol–water partition coefficient (Wildman–Crippen LogP) is 0.963. The third-order valence-electron chi connectivity index (χ3n) is 0.419. The molecule has 1 aromatic heterocycles. The summed E-state index contributed by atoms with van der Waals surface area (Å²) >= 11 is 3.83. The van der Waals surface area contributed by atoms with Crippen molar-refractivity contribution in [3.05, 3.63) is 12.7 Å². The fourth-order valence-electron chi connectivity index (χ4n) is 0.206. The third kappa shape index (κ3) is 0.542. The average Bonchev–Trinajstić information content (AvgIpc) is 1.86. The molecule has 0 aliphatic heterocycles. The summed E-state index contributed by atoms with van der Waals surface area (Å²) in [7, 11) is 0. The van der Waals surface area contributed by atoms with Crippen LogP contribution in [0.25, 0.3) is 0 Å². The third-order valence-corrected chi connectivity index (χ3v) is 0.640. The van der Waals surface area contributed by atoms with Crippen LogP contribution in [0, 0.1) is 0 Å². The predicted molar refractivity (Wildman–Crippen MR) is 23.8 cm³/mol. The zero-order valence-electron chi connectivity index (χ0n) is 2.96. The molecule has 3 heteroatoms. The highest BCUT2D eigenvalue weighted by atomic mass is 32.1. The minimum Gasteiger partial charge on any atom is -0.451 e. The minimum atomic E-state index is 0.620. The maximum absolute atomic E-state index is 4.53. The van der Waals surface area contributed by atoms with Crippen LogP contribution in [0.5, 0.6) is 0 Å². The number of hydrogen-bond acceptors (Lipinski definition) is 3. The lowest BCUT2D eigenvalue weighted by atomic mass is 11.0. The maximum Gasteiger partial charge on any atom is 0.181 e. The van der Waals surface area contributed by atoms with Crippen LogP contribution in [0.3, 0.4) is 0 Å². The van der Waals surface area contributed by atoms with Gasteiger partial charge in [-0.3, -0.25) is 0 Å². The standard InChI is InChI=1S/C3H3NOS/c6-3-1-5-2-4-3/h1-2,6H. The summed E-state index contributed by atoms with van der Waals surface area (Å²) in [5.74, 6) is 0. The number of aromatic nitrogens is 1. The first-order valence-electron chi connectivity index (χ1n) is 1.47. The van der Waals surface area contributed by atoms with E-state index >= 15 is 0 Å². The summed E-state index contributed by atoms with van der Waals surface area (Å²) in [6, 6.07) is 0. The number of nitrogens with zero attached hydrogens (tertiary/aromatic N) is 1.